The topological polar surface area (TPSA) is 42.4 Å². The van der Waals surface area contributed by atoms with Crippen molar-refractivity contribution < 1.29 is 9.53 Å². The zero-order valence-electron chi connectivity index (χ0n) is 18.0. The van der Waals surface area contributed by atoms with E-state index in [0.717, 1.165) is 34.8 Å². The molecule has 4 rings (SSSR count). The number of hydrogen-bond donors (Lipinski definition) is 0. The van der Waals surface area contributed by atoms with Crippen LogP contribution >= 0.6 is 23.1 Å². The highest BCUT2D eigenvalue weighted by Crippen LogP contribution is 2.33. The van der Waals surface area contributed by atoms with Crippen molar-refractivity contribution in [1.82, 2.24) is 4.98 Å². The molecule has 1 amide bonds. The number of rotatable bonds is 6. The van der Waals surface area contributed by atoms with Crippen LogP contribution < -0.4 is 4.90 Å². The Balaban J connectivity index is 1.67. The fourth-order valence-electron chi connectivity index (χ4n) is 3.67. The molecule has 2 heterocycles. The molecule has 0 N–H and O–H groups in total. The molecule has 1 aliphatic heterocycles. The summed E-state index contributed by atoms with van der Waals surface area (Å²) in [6.45, 7) is 9.84. The number of aryl methyl sites for hydroxylation is 2. The van der Waals surface area contributed by atoms with Crippen molar-refractivity contribution in [1.29, 1.82) is 0 Å². The molecule has 30 heavy (non-hydrogen) atoms. The number of carbonyl (C=O) groups is 1. The lowest BCUT2D eigenvalue weighted by Crippen LogP contribution is -2.37. The van der Waals surface area contributed by atoms with Crippen LogP contribution in [0.3, 0.4) is 0 Å². The number of anilines is 1. The van der Waals surface area contributed by atoms with Crippen LogP contribution in [0.25, 0.3) is 10.2 Å². The van der Waals surface area contributed by atoms with Gasteiger partial charge in [-0.3, -0.25) is 9.69 Å². The second-order valence-electron chi connectivity index (χ2n) is 8.09. The molecular formula is C24H28N2O2S2. The standard InChI is InChI=1S/C24H28N2O2S2/c1-15(2)29-20-10-8-18(9-11-20)23(27)26(14-19-6-5-13-28-19)24-25-22-17(4)16(3)7-12-21(22)30-24/h7-12,15,19H,5-6,13-14H2,1-4H3. The van der Waals surface area contributed by atoms with Crippen LogP contribution in [0, 0.1) is 13.8 Å². The Morgan fingerprint density at radius 1 is 1.23 bits per heavy atom. The number of carbonyl (C=O) groups excluding carboxylic acids is 1. The maximum atomic E-state index is 13.5. The van der Waals surface area contributed by atoms with Crippen molar-refractivity contribution in [3.63, 3.8) is 0 Å². The summed E-state index contributed by atoms with van der Waals surface area (Å²) in [6.07, 6.45) is 2.10. The number of thioether (sulfide) groups is 1. The van der Waals surface area contributed by atoms with Gasteiger partial charge in [0.05, 0.1) is 22.9 Å². The van der Waals surface area contributed by atoms with Gasteiger partial charge in [0.15, 0.2) is 5.13 Å². The molecule has 0 bridgehead atoms. The summed E-state index contributed by atoms with van der Waals surface area (Å²) < 4.78 is 6.96. The quantitative estimate of drug-likeness (QED) is 0.426. The van der Waals surface area contributed by atoms with Crippen LogP contribution in [0.15, 0.2) is 41.3 Å². The number of benzene rings is 2. The molecule has 0 radical (unpaired) electrons. The number of amides is 1. The zero-order chi connectivity index (χ0) is 21.3. The third-order valence-corrected chi connectivity index (χ3v) is 7.49. The van der Waals surface area contributed by atoms with Gasteiger partial charge in [-0.2, -0.15) is 0 Å². The van der Waals surface area contributed by atoms with Crippen molar-refractivity contribution in [2.24, 2.45) is 0 Å². The van der Waals surface area contributed by atoms with E-state index in [9.17, 15) is 4.79 Å². The van der Waals surface area contributed by atoms with E-state index in [4.69, 9.17) is 9.72 Å². The molecular weight excluding hydrogens is 412 g/mol. The SMILES string of the molecule is Cc1ccc2sc(N(CC3CCCO3)C(=O)c3ccc(SC(C)C)cc3)nc2c1C. The van der Waals surface area contributed by atoms with Crippen molar-refractivity contribution >= 4 is 44.4 Å². The third kappa shape index (κ3) is 4.56. The molecule has 3 aromatic rings. The third-order valence-electron chi connectivity index (χ3n) is 5.43. The predicted molar refractivity (Wildman–Crippen MR) is 127 cm³/mol. The first kappa shape index (κ1) is 21.3. The van der Waals surface area contributed by atoms with Crippen LogP contribution in [0.1, 0.15) is 48.2 Å². The van der Waals surface area contributed by atoms with Gasteiger partial charge >= 0.3 is 0 Å². The molecule has 2 aromatic carbocycles. The van der Waals surface area contributed by atoms with Crippen LogP contribution in [-0.2, 0) is 4.74 Å². The summed E-state index contributed by atoms with van der Waals surface area (Å²) in [7, 11) is 0. The van der Waals surface area contributed by atoms with Crippen molar-refractivity contribution in [2.75, 3.05) is 18.1 Å². The number of ether oxygens (including phenoxy) is 1. The molecule has 4 nitrogen and oxygen atoms in total. The minimum atomic E-state index is -0.0139. The van der Waals surface area contributed by atoms with E-state index in [1.54, 1.807) is 23.1 Å². The molecule has 0 aliphatic carbocycles. The maximum absolute atomic E-state index is 13.5. The summed E-state index contributed by atoms with van der Waals surface area (Å²) >= 11 is 3.38. The molecule has 1 unspecified atom stereocenters. The average molecular weight is 441 g/mol. The summed E-state index contributed by atoms with van der Waals surface area (Å²) in [5, 5.41) is 1.26. The summed E-state index contributed by atoms with van der Waals surface area (Å²) in [6, 6.07) is 12.2. The van der Waals surface area contributed by atoms with Gasteiger partial charge in [-0.05, 0) is 68.1 Å². The monoisotopic (exact) mass is 440 g/mol. The van der Waals surface area contributed by atoms with E-state index in [0.29, 0.717) is 17.4 Å². The van der Waals surface area contributed by atoms with Gasteiger partial charge in [0, 0.05) is 22.3 Å². The fraction of sp³-hybridized carbons (Fsp3) is 0.417. The molecule has 1 fully saturated rings. The van der Waals surface area contributed by atoms with E-state index in [-0.39, 0.29) is 12.0 Å². The van der Waals surface area contributed by atoms with Crippen molar-refractivity contribution in [3.05, 3.63) is 53.1 Å². The van der Waals surface area contributed by atoms with Crippen molar-refractivity contribution in [2.45, 2.75) is 56.8 Å². The highest BCUT2D eigenvalue weighted by atomic mass is 32.2. The van der Waals surface area contributed by atoms with E-state index < -0.39 is 0 Å². The van der Waals surface area contributed by atoms with Gasteiger partial charge in [-0.15, -0.1) is 11.8 Å². The lowest BCUT2D eigenvalue weighted by molar-refractivity contribution is 0.0917. The molecule has 158 valence electrons. The molecule has 1 atom stereocenters. The normalized spacial score (nSPS) is 16.5. The largest absolute Gasteiger partial charge is 0.376 e. The first-order valence-corrected chi connectivity index (χ1v) is 12.2. The lowest BCUT2D eigenvalue weighted by Gasteiger charge is -2.23. The Morgan fingerprint density at radius 2 is 2.00 bits per heavy atom. The Bertz CT molecular complexity index is 1040. The number of thiazole rings is 1. The number of aromatic nitrogens is 1. The number of hydrogen-bond acceptors (Lipinski definition) is 5. The number of nitrogens with zero attached hydrogens (tertiary/aromatic N) is 2. The molecule has 0 spiro atoms. The molecule has 1 aromatic heterocycles. The number of fused-ring (bicyclic) bond motifs is 1. The Labute approximate surface area is 186 Å². The van der Waals surface area contributed by atoms with Gasteiger partial charge in [-0.25, -0.2) is 4.98 Å². The summed E-state index contributed by atoms with van der Waals surface area (Å²) in [5.41, 5.74) is 4.07. The van der Waals surface area contributed by atoms with E-state index >= 15 is 0 Å². The first-order chi connectivity index (χ1) is 14.4. The Hall–Kier alpha value is -1.89. The molecule has 6 heteroatoms. The maximum Gasteiger partial charge on any atom is 0.260 e. The van der Waals surface area contributed by atoms with Gasteiger partial charge < -0.3 is 4.74 Å². The highest BCUT2D eigenvalue weighted by Gasteiger charge is 2.27. The fourth-order valence-corrected chi connectivity index (χ4v) is 5.54. The van der Waals surface area contributed by atoms with Gasteiger partial charge in [-0.1, -0.05) is 31.3 Å². The second-order valence-corrected chi connectivity index (χ2v) is 10.8. The molecule has 1 aliphatic rings. The summed E-state index contributed by atoms with van der Waals surface area (Å²) in [5.74, 6) is -0.0139. The molecule has 1 saturated heterocycles. The smallest absolute Gasteiger partial charge is 0.260 e. The van der Waals surface area contributed by atoms with Crippen LogP contribution in [0.5, 0.6) is 0 Å². The van der Waals surface area contributed by atoms with Crippen molar-refractivity contribution in [3.8, 4) is 0 Å². The minimum absolute atomic E-state index is 0.0139. The van der Waals surface area contributed by atoms with E-state index in [1.165, 1.54) is 16.0 Å². The second kappa shape index (κ2) is 9.08. The van der Waals surface area contributed by atoms with Gasteiger partial charge in [0.2, 0.25) is 0 Å². The first-order valence-electron chi connectivity index (χ1n) is 10.5. The van der Waals surface area contributed by atoms with Gasteiger partial charge in [0.1, 0.15) is 0 Å². The van der Waals surface area contributed by atoms with Crippen LogP contribution in [-0.4, -0.2) is 35.4 Å². The van der Waals surface area contributed by atoms with Gasteiger partial charge in [0.25, 0.3) is 5.91 Å². The molecule has 0 saturated carbocycles. The Kier molecular flexibility index (Phi) is 6.46. The van der Waals surface area contributed by atoms with Crippen LogP contribution in [0.4, 0.5) is 5.13 Å². The highest BCUT2D eigenvalue weighted by molar-refractivity contribution is 7.99. The predicted octanol–water partition coefficient (Wildman–Crippen LogP) is 6.24. The van der Waals surface area contributed by atoms with Crippen LogP contribution in [0.2, 0.25) is 0 Å². The zero-order valence-corrected chi connectivity index (χ0v) is 19.6. The Morgan fingerprint density at radius 3 is 2.67 bits per heavy atom. The van der Waals surface area contributed by atoms with E-state index in [1.807, 2.05) is 29.2 Å². The summed E-state index contributed by atoms with van der Waals surface area (Å²) in [4.78, 5) is 21.4. The minimum Gasteiger partial charge on any atom is -0.376 e. The lowest BCUT2D eigenvalue weighted by atomic mass is 10.1. The average Bonchev–Trinajstić information content (AvgIpc) is 3.38. The van der Waals surface area contributed by atoms with E-state index in [2.05, 4.69) is 39.8 Å².